The zero-order chi connectivity index (χ0) is 20.2. The molecule has 1 N–H and O–H groups in total. The van der Waals surface area contributed by atoms with Crippen LogP contribution in [0.15, 0.2) is 76.1 Å². The molecule has 0 saturated carbocycles. The summed E-state index contributed by atoms with van der Waals surface area (Å²) in [5.41, 5.74) is 0.0911. The Hall–Kier alpha value is -3.80. The van der Waals surface area contributed by atoms with Gasteiger partial charge in [0.05, 0.1) is 12.0 Å². The van der Waals surface area contributed by atoms with E-state index in [-0.39, 0.29) is 24.2 Å². The highest BCUT2D eigenvalue weighted by Gasteiger charge is 2.11. The first kappa shape index (κ1) is 18.6. The van der Waals surface area contributed by atoms with Crippen molar-refractivity contribution in [2.24, 2.45) is 0 Å². The summed E-state index contributed by atoms with van der Waals surface area (Å²) in [5, 5.41) is 11.1. The van der Waals surface area contributed by atoms with Crippen LogP contribution in [0.5, 0.6) is 17.2 Å². The summed E-state index contributed by atoms with van der Waals surface area (Å²) < 4.78 is 16.8. The summed E-state index contributed by atoms with van der Waals surface area (Å²) in [6.45, 7) is 0.269. The van der Waals surface area contributed by atoms with Gasteiger partial charge < -0.3 is 19.0 Å². The van der Waals surface area contributed by atoms with Crippen LogP contribution in [0.2, 0.25) is 0 Å². The van der Waals surface area contributed by atoms with Gasteiger partial charge in [0.1, 0.15) is 23.3 Å². The predicted molar refractivity (Wildman–Crippen MR) is 109 cm³/mol. The lowest BCUT2D eigenvalue weighted by molar-refractivity contribution is -0.137. The minimum Gasteiger partial charge on any atom is -0.493 e. The predicted octanol–water partition coefficient (Wildman–Crippen LogP) is 4.98. The van der Waals surface area contributed by atoms with Gasteiger partial charge in [0.25, 0.3) is 0 Å². The molecular weight excluding hydrogens is 372 g/mol. The van der Waals surface area contributed by atoms with Crippen LogP contribution in [0.1, 0.15) is 12.8 Å². The molecule has 4 aromatic rings. The van der Waals surface area contributed by atoms with E-state index in [1.165, 1.54) is 6.26 Å². The number of carbonyl (C=O) groups is 1. The number of ether oxygens (including phenoxy) is 2. The van der Waals surface area contributed by atoms with Crippen molar-refractivity contribution in [3.8, 4) is 17.2 Å². The van der Waals surface area contributed by atoms with Crippen LogP contribution in [-0.4, -0.2) is 17.7 Å². The maximum Gasteiger partial charge on any atom is 0.303 e. The second kappa shape index (κ2) is 8.06. The molecule has 0 bridgehead atoms. The second-order valence-corrected chi connectivity index (χ2v) is 6.54. The number of hydrogen-bond donors (Lipinski definition) is 1. The van der Waals surface area contributed by atoms with E-state index < -0.39 is 5.97 Å². The van der Waals surface area contributed by atoms with Crippen molar-refractivity contribution in [1.29, 1.82) is 0 Å². The van der Waals surface area contributed by atoms with Gasteiger partial charge >= 0.3 is 5.97 Å². The maximum atomic E-state index is 12.8. The van der Waals surface area contributed by atoms with Crippen molar-refractivity contribution in [3.63, 3.8) is 0 Å². The number of aliphatic carboxylic acids is 1. The van der Waals surface area contributed by atoms with Crippen molar-refractivity contribution >= 4 is 27.7 Å². The summed E-state index contributed by atoms with van der Waals surface area (Å²) >= 11 is 0. The molecule has 1 heterocycles. The van der Waals surface area contributed by atoms with E-state index in [1.54, 1.807) is 24.3 Å². The zero-order valence-electron chi connectivity index (χ0n) is 15.5. The van der Waals surface area contributed by atoms with E-state index in [0.29, 0.717) is 28.9 Å². The minimum absolute atomic E-state index is 0.0398. The Labute approximate surface area is 165 Å². The zero-order valence-corrected chi connectivity index (χ0v) is 15.5. The first-order chi connectivity index (χ1) is 14.1. The summed E-state index contributed by atoms with van der Waals surface area (Å²) in [6.07, 6.45) is 1.72. The molecule has 29 heavy (non-hydrogen) atoms. The summed E-state index contributed by atoms with van der Waals surface area (Å²) in [7, 11) is 0. The van der Waals surface area contributed by atoms with E-state index >= 15 is 0 Å². The lowest BCUT2D eigenvalue weighted by Gasteiger charge is -2.08. The molecule has 0 amide bonds. The number of carboxylic acid groups (broad SMARTS) is 1. The van der Waals surface area contributed by atoms with E-state index in [9.17, 15) is 9.59 Å². The van der Waals surface area contributed by atoms with E-state index in [0.717, 1.165) is 10.8 Å². The second-order valence-electron chi connectivity index (χ2n) is 6.54. The Balaban J connectivity index is 1.54. The fourth-order valence-corrected chi connectivity index (χ4v) is 3.02. The van der Waals surface area contributed by atoms with Crippen LogP contribution in [0.3, 0.4) is 0 Å². The molecule has 6 nitrogen and oxygen atoms in total. The van der Waals surface area contributed by atoms with Crippen LogP contribution < -0.4 is 14.9 Å². The third-order valence-corrected chi connectivity index (χ3v) is 4.47. The molecule has 0 unspecified atom stereocenters. The highest BCUT2D eigenvalue weighted by molar-refractivity contribution is 5.84. The molecule has 6 heteroatoms. The Bertz CT molecular complexity index is 1240. The lowest BCUT2D eigenvalue weighted by Crippen LogP contribution is -2.05. The quantitative estimate of drug-likeness (QED) is 0.448. The van der Waals surface area contributed by atoms with Crippen molar-refractivity contribution in [2.45, 2.75) is 12.8 Å². The van der Waals surface area contributed by atoms with Crippen LogP contribution >= 0.6 is 0 Å². The summed E-state index contributed by atoms with van der Waals surface area (Å²) in [5.74, 6) is 0.294. The standard InChI is InChI=1S/C23H18O6/c24-22(25)6-3-11-27-17-9-10-19-20(13-17)28-14-21(23(19)26)29-18-8-7-15-4-1-2-5-16(15)12-18/h1-2,4-5,7-10,12-14H,3,6,11H2,(H,24,25). The molecule has 0 aliphatic heterocycles. The fraction of sp³-hybridized carbons (Fsp3) is 0.130. The number of hydrogen-bond acceptors (Lipinski definition) is 5. The number of benzene rings is 3. The fourth-order valence-electron chi connectivity index (χ4n) is 3.02. The smallest absolute Gasteiger partial charge is 0.303 e. The largest absolute Gasteiger partial charge is 0.493 e. The average molecular weight is 390 g/mol. The Kier molecular flexibility index (Phi) is 5.16. The van der Waals surface area contributed by atoms with Crippen molar-refractivity contribution in [3.05, 3.63) is 77.2 Å². The molecule has 0 radical (unpaired) electrons. The minimum atomic E-state index is -0.864. The van der Waals surface area contributed by atoms with Gasteiger partial charge in [-0.15, -0.1) is 0 Å². The van der Waals surface area contributed by atoms with E-state index in [2.05, 4.69) is 0 Å². The average Bonchev–Trinajstić information content (AvgIpc) is 2.73. The van der Waals surface area contributed by atoms with E-state index in [1.807, 2.05) is 36.4 Å². The first-order valence-corrected chi connectivity index (χ1v) is 9.17. The highest BCUT2D eigenvalue weighted by atomic mass is 16.5. The number of carboxylic acids is 1. The van der Waals surface area contributed by atoms with Gasteiger partial charge in [0.2, 0.25) is 11.2 Å². The molecule has 3 aromatic carbocycles. The molecule has 4 rings (SSSR count). The highest BCUT2D eigenvalue weighted by Crippen LogP contribution is 2.26. The SMILES string of the molecule is O=C(O)CCCOc1ccc2c(=O)c(Oc3ccc4ccccc4c3)coc2c1. The molecule has 146 valence electrons. The normalized spacial score (nSPS) is 10.9. The van der Waals surface area contributed by atoms with Gasteiger partial charge in [-0.25, -0.2) is 0 Å². The summed E-state index contributed by atoms with van der Waals surface area (Å²) in [4.78, 5) is 23.3. The molecule has 0 aliphatic carbocycles. The Morgan fingerprint density at radius 3 is 2.59 bits per heavy atom. The lowest BCUT2D eigenvalue weighted by atomic mass is 10.1. The van der Waals surface area contributed by atoms with Crippen LogP contribution in [0.25, 0.3) is 21.7 Å². The van der Waals surface area contributed by atoms with Crippen LogP contribution in [0, 0.1) is 0 Å². The monoisotopic (exact) mass is 390 g/mol. The molecule has 0 atom stereocenters. The third-order valence-electron chi connectivity index (χ3n) is 4.47. The molecule has 0 fully saturated rings. The van der Waals surface area contributed by atoms with Gasteiger partial charge in [-0.2, -0.15) is 0 Å². The topological polar surface area (TPSA) is 86.0 Å². The van der Waals surface area contributed by atoms with Crippen LogP contribution in [-0.2, 0) is 4.79 Å². The van der Waals surface area contributed by atoms with Crippen molar-refractivity contribution in [1.82, 2.24) is 0 Å². The van der Waals surface area contributed by atoms with Gasteiger partial charge in [-0.1, -0.05) is 30.3 Å². The summed E-state index contributed by atoms with van der Waals surface area (Å²) in [6, 6.07) is 18.4. The van der Waals surface area contributed by atoms with Gasteiger partial charge in [0, 0.05) is 12.5 Å². The van der Waals surface area contributed by atoms with Gasteiger partial charge in [-0.05, 0) is 41.5 Å². The maximum absolute atomic E-state index is 12.8. The molecule has 0 spiro atoms. The Morgan fingerprint density at radius 2 is 1.76 bits per heavy atom. The molecular formula is C23H18O6. The van der Waals surface area contributed by atoms with E-state index in [4.69, 9.17) is 19.0 Å². The molecule has 1 aromatic heterocycles. The number of rotatable bonds is 7. The molecule has 0 saturated heterocycles. The molecule has 0 aliphatic rings. The van der Waals surface area contributed by atoms with Gasteiger partial charge in [0.15, 0.2) is 0 Å². The first-order valence-electron chi connectivity index (χ1n) is 9.17. The van der Waals surface area contributed by atoms with Gasteiger partial charge in [-0.3, -0.25) is 9.59 Å². The van der Waals surface area contributed by atoms with Crippen molar-refractivity contribution < 1.29 is 23.8 Å². The third kappa shape index (κ3) is 4.21. The van der Waals surface area contributed by atoms with Crippen molar-refractivity contribution in [2.75, 3.05) is 6.61 Å². The van der Waals surface area contributed by atoms with Crippen LogP contribution in [0.4, 0.5) is 0 Å². The Morgan fingerprint density at radius 1 is 0.966 bits per heavy atom. The number of fused-ring (bicyclic) bond motifs is 2.